The summed E-state index contributed by atoms with van der Waals surface area (Å²) >= 11 is 0. The van der Waals surface area contributed by atoms with Crippen LogP contribution in [0, 0.1) is 35.4 Å². The zero-order chi connectivity index (χ0) is 26.7. The van der Waals surface area contributed by atoms with E-state index in [2.05, 4.69) is 29.2 Å². The lowest BCUT2D eigenvalue weighted by Gasteiger charge is -2.35. The van der Waals surface area contributed by atoms with E-state index in [1.165, 1.54) is 30.5 Å². The van der Waals surface area contributed by atoms with Crippen LogP contribution in [0.4, 0.5) is 13.2 Å². The van der Waals surface area contributed by atoms with Gasteiger partial charge in [0, 0.05) is 18.5 Å². The molecule has 3 aliphatic rings. The summed E-state index contributed by atoms with van der Waals surface area (Å²) in [5.41, 5.74) is 1.20. The average Bonchev–Trinajstić information content (AvgIpc) is 3.65. The molecule has 6 heteroatoms. The van der Waals surface area contributed by atoms with Gasteiger partial charge in [0.05, 0.1) is 5.92 Å². The highest BCUT2D eigenvalue weighted by molar-refractivity contribution is 5.70. The second kappa shape index (κ2) is 11.8. The van der Waals surface area contributed by atoms with Gasteiger partial charge >= 0.3 is 5.97 Å². The fourth-order valence-corrected chi connectivity index (χ4v) is 7.03. The Labute approximate surface area is 224 Å². The summed E-state index contributed by atoms with van der Waals surface area (Å²) in [7, 11) is 0. The second-order valence-electron chi connectivity index (χ2n) is 12.1. The van der Waals surface area contributed by atoms with Gasteiger partial charge in [-0.05, 0) is 98.9 Å². The van der Waals surface area contributed by atoms with Crippen molar-refractivity contribution in [2.24, 2.45) is 29.6 Å². The zero-order valence-corrected chi connectivity index (χ0v) is 22.1. The van der Waals surface area contributed by atoms with Gasteiger partial charge in [0.15, 0.2) is 0 Å². The maximum atomic E-state index is 14.7. The molecule has 2 aromatic carbocycles. The van der Waals surface area contributed by atoms with Crippen LogP contribution in [0.2, 0.25) is 0 Å². The molecule has 0 amide bonds. The predicted molar refractivity (Wildman–Crippen MR) is 143 cm³/mol. The van der Waals surface area contributed by atoms with Crippen LogP contribution in [-0.2, 0) is 10.7 Å². The number of carbonyl (C=O) groups is 1. The van der Waals surface area contributed by atoms with E-state index < -0.39 is 17.7 Å². The Kier molecular flexibility index (Phi) is 8.47. The minimum absolute atomic E-state index is 0.111. The van der Waals surface area contributed by atoms with Crippen molar-refractivity contribution in [2.45, 2.75) is 69.6 Å². The van der Waals surface area contributed by atoms with E-state index in [4.69, 9.17) is 0 Å². The van der Waals surface area contributed by atoms with E-state index in [1.54, 1.807) is 0 Å². The van der Waals surface area contributed by atoms with Gasteiger partial charge in [-0.3, -0.25) is 4.79 Å². The highest BCUT2D eigenvalue weighted by Gasteiger charge is 2.43. The van der Waals surface area contributed by atoms with Crippen LogP contribution < -0.4 is 0 Å². The molecule has 2 aliphatic carbocycles. The first-order chi connectivity index (χ1) is 18.3. The van der Waals surface area contributed by atoms with Crippen molar-refractivity contribution in [3.63, 3.8) is 0 Å². The normalized spacial score (nSPS) is 25.9. The topological polar surface area (TPSA) is 40.5 Å². The standard InChI is InChI=1S/C32H40F3NO2/c33-28-10-8-27(9-11-28)32(34,35)15-12-22-13-16-36(17-14-22)21-26-19-25(30(31(37)38)18-23-6-7-23)20-29(26)24-4-2-1-3-5-24/h1-5,8-11,22-23,25-26,29-30H,6-7,12-21H2,(H,37,38)/t25?,26-,29-,30?/m1/s1. The molecule has 0 spiro atoms. The summed E-state index contributed by atoms with van der Waals surface area (Å²) in [6, 6.07) is 15.1. The molecule has 5 rings (SSSR count). The first kappa shape index (κ1) is 27.2. The van der Waals surface area contributed by atoms with E-state index in [0.29, 0.717) is 24.2 Å². The number of rotatable bonds is 11. The fraction of sp³-hybridized carbons (Fsp3) is 0.594. The third kappa shape index (κ3) is 6.80. The quantitative estimate of drug-likeness (QED) is 0.325. The molecular formula is C32H40F3NO2. The largest absolute Gasteiger partial charge is 0.481 e. The van der Waals surface area contributed by atoms with Crippen LogP contribution >= 0.6 is 0 Å². The molecule has 2 saturated carbocycles. The number of carboxylic acids is 1. The summed E-state index contributed by atoms with van der Waals surface area (Å²) < 4.78 is 42.4. The monoisotopic (exact) mass is 527 g/mol. The Balaban J connectivity index is 1.16. The maximum Gasteiger partial charge on any atom is 0.306 e. The van der Waals surface area contributed by atoms with E-state index in [9.17, 15) is 23.1 Å². The van der Waals surface area contributed by atoms with E-state index in [1.807, 2.05) is 6.07 Å². The van der Waals surface area contributed by atoms with Gasteiger partial charge in [0.25, 0.3) is 5.92 Å². The van der Waals surface area contributed by atoms with Crippen molar-refractivity contribution in [1.29, 1.82) is 0 Å². The Morgan fingerprint density at radius 1 is 0.947 bits per heavy atom. The number of piperidine rings is 1. The van der Waals surface area contributed by atoms with Crippen molar-refractivity contribution in [2.75, 3.05) is 19.6 Å². The fourth-order valence-electron chi connectivity index (χ4n) is 7.03. The lowest BCUT2D eigenvalue weighted by Crippen LogP contribution is -2.38. The Hall–Kier alpha value is -2.34. The molecule has 1 N–H and O–H groups in total. The van der Waals surface area contributed by atoms with E-state index in [0.717, 1.165) is 63.9 Å². The minimum Gasteiger partial charge on any atom is -0.481 e. The molecule has 0 radical (unpaired) electrons. The summed E-state index contributed by atoms with van der Waals surface area (Å²) in [4.78, 5) is 14.7. The molecule has 1 heterocycles. The smallest absolute Gasteiger partial charge is 0.306 e. The van der Waals surface area contributed by atoms with Crippen molar-refractivity contribution < 1.29 is 23.1 Å². The zero-order valence-electron chi connectivity index (χ0n) is 22.1. The number of hydrogen-bond acceptors (Lipinski definition) is 2. The van der Waals surface area contributed by atoms with Crippen LogP contribution in [0.1, 0.15) is 74.8 Å². The number of aliphatic carboxylic acids is 1. The number of hydrogen-bond donors (Lipinski definition) is 1. The lowest BCUT2D eigenvalue weighted by atomic mass is 9.85. The summed E-state index contributed by atoms with van der Waals surface area (Å²) in [5.74, 6) is -2.44. The van der Waals surface area contributed by atoms with Gasteiger partial charge in [0.2, 0.25) is 0 Å². The van der Waals surface area contributed by atoms with Crippen LogP contribution in [0.15, 0.2) is 54.6 Å². The summed E-state index contributed by atoms with van der Waals surface area (Å²) in [6.07, 6.45) is 7.14. The molecule has 206 valence electrons. The number of nitrogens with zero attached hydrogens (tertiary/aromatic N) is 1. The third-order valence-electron chi connectivity index (χ3n) is 9.46. The molecule has 4 atom stereocenters. The molecule has 38 heavy (non-hydrogen) atoms. The lowest BCUT2D eigenvalue weighted by molar-refractivity contribution is -0.144. The summed E-state index contributed by atoms with van der Waals surface area (Å²) in [6.45, 7) is 2.75. The van der Waals surface area contributed by atoms with Gasteiger partial charge in [0.1, 0.15) is 5.82 Å². The highest BCUT2D eigenvalue weighted by atomic mass is 19.3. The first-order valence-electron chi connectivity index (χ1n) is 14.4. The molecule has 1 saturated heterocycles. The van der Waals surface area contributed by atoms with Crippen LogP contribution in [0.3, 0.4) is 0 Å². The molecule has 1 aliphatic heterocycles. The van der Waals surface area contributed by atoms with Gasteiger partial charge in [-0.15, -0.1) is 0 Å². The number of likely N-dealkylation sites (tertiary alicyclic amines) is 1. The predicted octanol–water partition coefficient (Wildman–Crippen LogP) is 7.72. The SMILES string of the molecule is O=C(O)C(CC1CC1)C1C[C@H](CN2CCC(CCC(F)(F)c3ccc(F)cc3)CC2)[C@@H](c2ccccc2)C1. The van der Waals surface area contributed by atoms with Crippen molar-refractivity contribution >= 4 is 5.97 Å². The maximum absolute atomic E-state index is 14.7. The molecule has 0 bridgehead atoms. The Morgan fingerprint density at radius 3 is 2.26 bits per heavy atom. The molecule has 2 aromatic rings. The van der Waals surface area contributed by atoms with Crippen LogP contribution in [0.5, 0.6) is 0 Å². The van der Waals surface area contributed by atoms with Gasteiger partial charge in [-0.1, -0.05) is 55.3 Å². The average molecular weight is 528 g/mol. The Bertz CT molecular complexity index is 1050. The molecule has 3 fully saturated rings. The van der Waals surface area contributed by atoms with Crippen LogP contribution in [0.25, 0.3) is 0 Å². The first-order valence-corrected chi connectivity index (χ1v) is 14.4. The number of carboxylic acid groups (broad SMARTS) is 1. The van der Waals surface area contributed by atoms with E-state index >= 15 is 0 Å². The van der Waals surface area contributed by atoms with Gasteiger partial charge < -0.3 is 10.0 Å². The van der Waals surface area contributed by atoms with Crippen molar-refractivity contribution in [3.8, 4) is 0 Å². The molecule has 0 aromatic heterocycles. The van der Waals surface area contributed by atoms with Gasteiger partial charge in [-0.25, -0.2) is 13.2 Å². The Morgan fingerprint density at radius 2 is 1.63 bits per heavy atom. The molecule has 3 nitrogen and oxygen atoms in total. The highest BCUT2D eigenvalue weighted by Crippen LogP contribution is 2.49. The third-order valence-corrected chi connectivity index (χ3v) is 9.46. The molecule has 2 unspecified atom stereocenters. The second-order valence-corrected chi connectivity index (χ2v) is 12.1. The van der Waals surface area contributed by atoms with Crippen molar-refractivity contribution in [1.82, 2.24) is 4.90 Å². The number of halogens is 3. The van der Waals surface area contributed by atoms with E-state index in [-0.39, 0.29) is 29.7 Å². The minimum atomic E-state index is -2.94. The van der Waals surface area contributed by atoms with Crippen molar-refractivity contribution in [3.05, 3.63) is 71.5 Å². The van der Waals surface area contributed by atoms with Gasteiger partial charge in [-0.2, -0.15) is 0 Å². The van der Waals surface area contributed by atoms with Crippen LogP contribution in [-0.4, -0.2) is 35.6 Å². The molecular weight excluding hydrogens is 487 g/mol. The number of benzene rings is 2. The number of alkyl halides is 2. The summed E-state index contributed by atoms with van der Waals surface area (Å²) in [5, 5.41) is 10.0.